The fraction of sp³-hybridized carbons (Fsp3) is 0.643. The molecule has 0 radical (unpaired) electrons. The Labute approximate surface area is 119 Å². The van der Waals surface area contributed by atoms with E-state index in [4.69, 9.17) is 0 Å². The van der Waals surface area contributed by atoms with Gasteiger partial charge in [-0.15, -0.1) is 10.2 Å². The van der Waals surface area contributed by atoms with Crippen LogP contribution in [0.15, 0.2) is 5.82 Å². The minimum Gasteiger partial charge on any atom is -0.371 e. The topological polar surface area (TPSA) is 78.6 Å². The van der Waals surface area contributed by atoms with Gasteiger partial charge in [0.15, 0.2) is 5.82 Å². The largest absolute Gasteiger partial charge is 0.371 e. The Hall–Kier alpha value is -2.03. The number of aryl methyl sites for hydroxylation is 1. The summed E-state index contributed by atoms with van der Waals surface area (Å²) in [7, 11) is 0. The molecule has 0 atom stereocenters. The molecular weight excluding hydrogens is 252 g/mol. The molecular formula is C14H22N6. The van der Waals surface area contributed by atoms with Crippen LogP contribution >= 0.6 is 0 Å². The third kappa shape index (κ3) is 2.93. The highest BCUT2D eigenvalue weighted by atomic mass is 15.3. The Morgan fingerprint density at radius 2 is 1.95 bits per heavy atom. The van der Waals surface area contributed by atoms with Gasteiger partial charge in [0.2, 0.25) is 0 Å². The number of nitriles is 1. The zero-order valence-corrected chi connectivity index (χ0v) is 12.2. The third-order valence-electron chi connectivity index (χ3n) is 3.40. The molecule has 108 valence electrons. The highest BCUT2D eigenvalue weighted by Crippen LogP contribution is 2.20. The van der Waals surface area contributed by atoms with Crippen LogP contribution < -0.4 is 10.6 Å². The van der Waals surface area contributed by atoms with Gasteiger partial charge in [-0.25, -0.2) is 0 Å². The highest BCUT2D eigenvalue weighted by molar-refractivity contribution is 5.75. The van der Waals surface area contributed by atoms with Crippen LogP contribution in [0.3, 0.4) is 0 Å². The predicted octanol–water partition coefficient (Wildman–Crippen LogP) is 1.42. The molecule has 1 aromatic rings. The van der Waals surface area contributed by atoms with Gasteiger partial charge in [-0.05, 0) is 26.7 Å². The van der Waals surface area contributed by atoms with Crippen molar-refractivity contribution < 1.29 is 0 Å². The first-order chi connectivity index (χ1) is 9.81. The quantitative estimate of drug-likeness (QED) is 0.794. The van der Waals surface area contributed by atoms with Crippen LogP contribution in [-0.2, 0) is 13.0 Å². The molecule has 2 N–H and O–H groups in total. The van der Waals surface area contributed by atoms with Crippen molar-refractivity contribution in [2.24, 2.45) is 0 Å². The van der Waals surface area contributed by atoms with Gasteiger partial charge in [-0.1, -0.05) is 6.42 Å². The number of nitrogens with zero attached hydrogens (tertiary/aromatic N) is 4. The van der Waals surface area contributed by atoms with Crippen molar-refractivity contribution in [2.75, 3.05) is 13.1 Å². The maximum atomic E-state index is 9.52. The molecule has 1 aliphatic rings. The monoisotopic (exact) mass is 274 g/mol. The molecule has 0 aromatic carbocycles. The van der Waals surface area contributed by atoms with E-state index in [-0.39, 0.29) is 0 Å². The molecule has 1 aliphatic heterocycles. The average Bonchev–Trinajstić information content (AvgIpc) is 2.70. The van der Waals surface area contributed by atoms with E-state index in [0.717, 1.165) is 50.5 Å². The number of hydrogen-bond donors (Lipinski definition) is 2. The lowest BCUT2D eigenvalue weighted by Gasteiger charge is -2.13. The standard InChI is InChI=1S/C14H22N6/c1-3-16-13(17-4-2)11(10-15)14-19-18-12-8-6-5-7-9-20(12)14/h16-17H,3-9H2,1-2H3. The molecule has 6 heteroatoms. The van der Waals surface area contributed by atoms with Crippen LogP contribution in [0.4, 0.5) is 0 Å². The fourth-order valence-electron chi connectivity index (χ4n) is 2.48. The molecule has 0 aliphatic carbocycles. The van der Waals surface area contributed by atoms with Crippen molar-refractivity contribution in [1.29, 1.82) is 5.26 Å². The summed E-state index contributed by atoms with van der Waals surface area (Å²) >= 11 is 0. The Balaban J connectivity index is 2.43. The Bertz CT molecular complexity index is 514. The van der Waals surface area contributed by atoms with E-state index in [0.29, 0.717) is 11.4 Å². The van der Waals surface area contributed by atoms with Gasteiger partial charge in [-0.2, -0.15) is 5.26 Å². The lowest BCUT2D eigenvalue weighted by molar-refractivity contribution is 0.625. The summed E-state index contributed by atoms with van der Waals surface area (Å²) in [5.41, 5.74) is 0.550. The first-order valence-electron chi connectivity index (χ1n) is 7.36. The molecule has 2 rings (SSSR count). The van der Waals surface area contributed by atoms with Crippen LogP contribution in [0.1, 0.15) is 44.8 Å². The fourth-order valence-corrected chi connectivity index (χ4v) is 2.48. The molecule has 6 nitrogen and oxygen atoms in total. The van der Waals surface area contributed by atoms with Crippen molar-refractivity contribution >= 4 is 5.57 Å². The molecule has 0 bridgehead atoms. The van der Waals surface area contributed by atoms with Gasteiger partial charge in [0, 0.05) is 26.1 Å². The minimum atomic E-state index is 0.550. The lowest BCUT2D eigenvalue weighted by Crippen LogP contribution is -2.28. The van der Waals surface area contributed by atoms with Crippen LogP contribution in [0.25, 0.3) is 5.57 Å². The first kappa shape index (κ1) is 14.4. The van der Waals surface area contributed by atoms with Gasteiger partial charge in [-0.3, -0.25) is 0 Å². The van der Waals surface area contributed by atoms with E-state index in [9.17, 15) is 5.26 Å². The van der Waals surface area contributed by atoms with Crippen LogP contribution in [0.5, 0.6) is 0 Å². The van der Waals surface area contributed by atoms with Crippen molar-refractivity contribution in [1.82, 2.24) is 25.4 Å². The number of hydrogen-bond acceptors (Lipinski definition) is 5. The normalized spacial score (nSPS) is 13.8. The Morgan fingerprint density at radius 3 is 2.60 bits per heavy atom. The predicted molar refractivity (Wildman–Crippen MR) is 77.5 cm³/mol. The molecule has 1 aromatic heterocycles. The number of nitrogens with one attached hydrogen (secondary N) is 2. The zero-order valence-electron chi connectivity index (χ0n) is 12.2. The van der Waals surface area contributed by atoms with Gasteiger partial charge in [0.25, 0.3) is 0 Å². The lowest BCUT2D eigenvalue weighted by atomic mass is 10.2. The second-order valence-corrected chi connectivity index (χ2v) is 4.82. The molecule has 0 spiro atoms. The first-order valence-corrected chi connectivity index (χ1v) is 7.36. The summed E-state index contributed by atoms with van der Waals surface area (Å²) in [5.74, 6) is 2.43. The van der Waals surface area contributed by atoms with Gasteiger partial charge in [0.05, 0.1) is 0 Å². The van der Waals surface area contributed by atoms with Crippen LogP contribution in [-0.4, -0.2) is 27.9 Å². The Morgan fingerprint density at radius 1 is 1.20 bits per heavy atom. The number of rotatable bonds is 5. The zero-order chi connectivity index (χ0) is 14.4. The van der Waals surface area contributed by atoms with Crippen molar-refractivity contribution in [3.8, 4) is 6.07 Å². The molecule has 0 saturated heterocycles. The molecule has 20 heavy (non-hydrogen) atoms. The van der Waals surface area contributed by atoms with E-state index in [1.54, 1.807) is 0 Å². The smallest absolute Gasteiger partial charge is 0.178 e. The van der Waals surface area contributed by atoms with Gasteiger partial charge >= 0.3 is 0 Å². The van der Waals surface area contributed by atoms with Crippen molar-refractivity contribution in [2.45, 2.75) is 46.1 Å². The number of fused-ring (bicyclic) bond motifs is 1. The van der Waals surface area contributed by atoms with E-state index < -0.39 is 0 Å². The summed E-state index contributed by atoms with van der Waals surface area (Å²) in [6.07, 6.45) is 4.43. The SMILES string of the molecule is CCNC(NCC)=C(C#N)c1nnc2n1CCCCC2. The maximum Gasteiger partial charge on any atom is 0.178 e. The second kappa shape index (κ2) is 6.94. The third-order valence-corrected chi connectivity index (χ3v) is 3.40. The number of aromatic nitrogens is 3. The van der Waals surface area contributed by atoms with Gasteiger partial charge in [0.1, 0.15) is 23.3 Å². The van der Waals surface area contributed by atoms with Crippen molar-refractivity contribution in [3.05, 3.63) is 17.5 Å². The average molecular weight is 274 g/mol. The number of allylic oxidation sites excluding steroid dienone is 1. The highest BCUT2D eigenvalue weighted by Gasteiger charge is 2.20. The molecule has 0 unspecified atom stereocenters. The molecule has 0 saturated carbocycles. The minimum absolute atomic E-state index is 0.550. The summed E-state index contributed by atoms with van der Waals surface area (Å²) in [4.78, 5) is 0. The van der Waals surface area contributed by atoms with Crippen LogP contribution in [0, 0.1) is 11.3 Å². The summed E-state index contributed by atoms with van der Waals surface area (Å²) in [6, 6.07) is 2.28. The van der Waals surface area contributed by atoms with Crippen molar-refractivity contribution in [3.63, 3.8) is 0 Å². The molecule has 0 amide bonds. The van der Waals surface area contributed by atoms with E-state index in [1.807, 2.05) is 13.8 Å². The summed E-state index contributed by atoms with van der Waals surface area (Å²) < 4.78 is 2.10. The van der Waals surface area contributed by atoms with E-state index in [2.05, 4.69) is 31.5 Å². The summed E-state index contributed by atoms with van der Waals surface area (Å²) in [5, 5.41) is 24.5. The maximum absolute atomic E-state index is 9.52. The summed E-state index contributed by atoms with van der Waals surface area (Å²) in [6.45, 7) is 6.44. The molecule has 2 heterocycles. The molecule has 0 fully saturated rings. The van der Waals surface area contributed by atoms with Gasteiger partial charge < -0.3 is 15.2 Å². The second-order valence-electron chi connectivity index (χ2n) is 4.82. The van der Waals surface area contributed by atoms with E-state index >= 15 is 0 Å². The Kier molecular flexibility index (Phi) is 4.99. The van der Waals surface area contributed by atoms with E-state index in [1.165, 1.54) is 6.42 Å². The van der Waals surface area contributed by atoms with Crippen LogP contribution in [0.2, 0.25) is 0 Å².